The molecule has 0 amide bonds. The first-order chi connectivity index (χ1) is 12.0. The summed E-state index contributed by atoms with van der Waals surface area (Å²) < 4.78 is 0. The minimum Gasteiger partial charge on any atom is -0.368 e. The van der Waals surface area contributed by atoms with Crippen LogP contribution in [0.25, 0.3) is 0 Å². The summed E-state index contributed by atoms with van der Waals surface area (Å²) >= 11 is 6.33. The van der Waals surface area contributed by atoms with Crippen LogP contribution in [0.3, 0.4) is 0 Å². The molecule has 1 unspecified atom stereocenters. The highest BCUT2D eigenvalue weighted by Crippen LogP contribution is 2.33. The zero-order valence-corrected chi connectivity index (χ0v) is 14.3. The lowest BCUT2D eigenvalue weighted by atomic mass is 9.99. The fraction of sp³-hybridized carbons (Fsp3) is 0.222. The first-order valence-corrected chi connectivity index (χ1v) is 8.08. The lowest BCUT2D eigenvalue weighted by Gasteiger charge is -2.26. The lowest BCUT2D eigenvalue weighted by molar-refractivity contribution is -0.384. The van der Waals surface area contributed by atoms with Crippen molar-refractivity contribution in [3.05, 3.63) is 68.7 Å². The van der Waals surface area contributed by atoms with Gasteiger partial charge >= 0.3 is 0 Å². The summed E-state index contributed by atoms with van der Waals surface area (Å²) in [6.07, 6.45) is 0.312. The molecule has 0 saturated carbocycles. The van der Waals surface area contributed by atoms with Gasteiger partial charge in [0.1, 0.15) is 0 Å². The maximum absolute atomic E-state index is 11.2. The first kappa shape index (κ1) is 16.9. The fourth-order valence-electron chi connectivity index (χ4n) is 2.93. The molecule has 0 aliphatic carbocycles. The van der Waals surface area contributed by atoms with Gasteiger partial charge in [-0.3, -0.25) is 15.1 Å². The number of hydrogen-bond acceptors (Lipinski definition) is 5. The Hall–Kier alpha value is -2.91. The summed E-state index contributed by atoms with van der Waals surface area (Å²) in [6.45, 7) is 0.410. The van der Waals surface area contributed by atoms with Crippen molar-refractivity contribution in [2.75, 3.05) is 18.5 Å². The largest absolute Gasteiger partial charge is 0.368 e. The summed E-state index contributed by atoms with van der Waals surface area (Å²) in [6, 6.07) is 14.0. The van der Waals surface area contributed by atoms with Crippen LogP contribution >= 0.6 is 11.6 Å². The van der Waals surface area contributed by atoms with E-state index in [0.717, 1.165) is 11.3 Å². The second-order valence-corrected chi connectivity index (χ2v) is 6.16. The molecule has 0 saturated heterocycles. The molecule has 1 atom stereocenters. The summed E-state index contributed by atoms with van der Waals surface area (Å²) in [7, 11) is 1.87. The smallest absolute Gasteiger partial charge is 0.270 e. The van der Waals surface area contributed by atoms with Crippen LogP contribution in [0.4, 0.5) is 11.4 Å². The van der Waals surface area contributed by atoms with Gasteiger partial charge in [-0.1, -0.05) is 29.8 Å². The normalized spacial score (nSPS) is 16.4. The summed E-state index contributed by atoms with van der Waals surface area (Å²) in [5, 5.41) is 20.8. The van der Waals surface area contributed by atoms with Gasteiger partial charge in [0.15, 0.2) is 0 Å². The second-order valence-electron chi connectivity index (χ2n) is 5.75. The number of benzodiazepines with no additional fused rings is 1. The lowest BCUT2D eigenvalue weighted by Crippen LogP contribution is -2.33. The Bertz CT molecular complexity index is 904. The van der Waals surface area contributed by atoms with Crippen LogP contribution in [0, 0.1) is 21.4 Å². The highest BCUT2D eigenvalue weighted by Gasteiger charge is 2.26. The van der Waals surface area contributed by atoms with Crippen LogP contribution in [0.1, 0.15) is 17.5 Å². The number of aliphatic imine (C=N–C) groups is 1. The maximum Gasteiger partial charge on any atom is 0.270 e. The molecule has 1 aliphatic heterocycles. The van der Waals surface area contributed by atoms with Crippen molar-refractivity contribution >= 4 is 28.7 Å². The average molecular weight is 355 g/mol. The van der Waals surface area contributed by atoms with E-state index in [4.69, 9.17) is 16.9 Å². The van der Waals surface area contributed by atoms with E-state index in [2.05, 4.69) is 11.1 Å². The Morgan fingerprint density at radius 2 is 2.12 bits per heavy atom. The molecule has 0 N–H and O–H groups in total. The number of anilines is 1. The molecule has 0 aromatic heterocycles. The van der Waals surface area contributed by atoms with Gasteiger partial charge in [-0.25, -0.2) is 0 Å². The average Bonchev–Trinajstić information content (AvgIpc) is 2.73. The summed E-state index contributed by atoms with van der Waals surface area (Å²) in [4.78, 5) is 17.4. The van der Waals surface area contributed by atoms with Crippen molar-refractivity contribution < 1.29 is 4.92 Å². The van der Waals surface area contributed by atoms with E-state index in [-0.39, 0.29) is 11.7 Å². The third kappa shape index (κ3) is 3.19. The van der Waals surface area contributed by atoms with Gasteiger partial charge in [-0.05, 0) is 12.1 Å². The van der Waals surface area contributed by atoms with Crippen molar-refractivity contribution in [2.45, 2.75) is 12.5 Å². The molecule has 2 aromatic rings. The Morgan fingerprint density at radius 3 is 2.80 bits per heavy atom. The van der Waals surface area contributed by atoms with E-state index >= 15 is 0 Å². The monoisotopic (exact) mass is 354 g/mol. The fourth-order valence-corrected chi connectivity index (χ4v) is 3.15. The molecule has 0 spiro atoms. The third-order valence-electron chi connectivity index (χ3n) is 4.29. The Labute approximate surface area is 150 Å². The molecule has 25 heavy (non-hydrogen) atoms. The van der Waals surface area contributed by atoms with Crippen molar-refractivity contribution in [1.29, 1.82) is 5.26 Å². The number of non-ortho nitro benzene ring substituents is 1. The standard InChI is InChI=1S/C18H15ClN4O2/c1-22-13(8-9-20)11-21-18(14-4-2-3-5-16(14)19)15-10-12(23(24)25)6-7-17(15)22/h2-7,10,13H,8,11H2,1H3. The van der Waals surface area contributed by atoms with E-state index < -0.39 is 4.92 Å². The second kappa shape index (κ2) is 6.91. The topological polar surface area (TPSA) is 82.5 Å². The van der Waals surface area contributed by atoms with Crippen LogP contribution in [-0.2, 0) is 0 Å². The van der Waals surface area contributed by atoms with Crippen molar-refractivity contribution in [3.8, 4) is 6.07 Å². The van der Waals surface area contributed by atoms with Gasteiger partial charge < -0.3 is 4.90 Å². The molecule has 126 valence electrons. The molecule has 0 bridgehead atoms. The van der Waals surface area contributed by atoms with E-state index in [1.165, 1.54) is 12.1 Å². The maximum atomic E-state index is 11.2. The quantitative estimate of drug-likeness (QED) is 0.619. The van der Waals surface area contributed by atoms with Crippen LogP contribution in [0.5, 0.6) is 0 Å². The number of benzene rings is 2. The number of nitro benzene ring substituents is 1. The number of hydrogen-bond donors (Lipinski definition) is 0. The zero-order chi connectivity index (χ0) is 18.0. The highest BCUT2D eigenvalue weighted by molar-refractivity contribution is 6.36. The van der Waals surface area contributed by atoms with Gasteiger partial charge in [0.25, 0.3) is 5.69 Å². The van der Waals surface area contributed by atoms with E-state index in [1.54, 1.807) is 12.1 Å². The number of likely N-dealkylation sites (N-methyl/N-ethyl adjacent to an activating group) is 1. The van der Waals surface area contributed by atoms with Crippen LogP contribution < -0.4 is 4.90 Å². The molecule has 7 heteroatoms. The number of halogens is 1. The van der Waals surface area contributed by atoms with Gasteiger partial charge in [-0.2, -0.15) is 5.26 Å². The Balaban J connectivity index is 2.23. The number of nitro groups is 1. The minimum atomic E-state index is -0.428. The molecule has 3 rings (SSSR count). The summed E-state index contributed by atoms with van der Waals surface area (Å²) in [5.41, 5.74) is 2.76. The molecule has 2 aromatic carbocycles. The van der Waals surface area contributed by atoms with E-state index in [9.17, 15) is 10.1 Å². The Kier molecular flexibility index (Phi) is 4.68. The van der Waals surface area contributed by atoms with Gasteiger partial charge in [0, 0.05) is 41.0 Å². The minimum absolute atomic E-state index is 0.00867. The van der Waals surface area contributed by atoms with Crippen molar-refractivity contribution in [1.82, 2.24) is 0 Å². The predicted octanol–water partition coefficient (Wildman–Crippen LogP) is 3.82. The number of rotatable bonds is 3. The molecule has 0 radical (unpaired) electrons. The van der Waals surface area contributed by atoms with Crippen LogP contribution in [0.15, 0.2) is 47.5 Å². The Morgan fingerprint density at radius 1 is 1.36 bits per heavy atom. The molecule has 1 heterocycles. The van der Waals surface area contributed by atoms with Crippen LogP contribution in [0.2, 0.25) is 5.02 Å². The predicted molar refractivity (Wildman–Crippen MR) is 97.5 cm³/mol. The molecular weight excluding hydrogens is 340 g/mol. The van der Waals surface area contributed by atoms with Gasteiger partial charge in [0.2, 0.25) is 0 Å². The number of fused-ring (bicyclic) bond motifs is 1. The van der Waals surface area contributed by atoms with Crippen molar-refractivity contribution in [2.24, 2.45) is 4.99 Å². The molecule has 0 fully saturated rings. The molecule has 6 nitrogen and oxygen atoms in total. The highest BCUT2D eigenvalue weighted by atomic mass is 35.5. The number of nitriles is 1. The molecular formula is C18H15ClN4O2. The number of nitrogens with zero attached hydrogens (tertiary/aromatic N) is 4. The van der Waals surface area contributed by atoms with Crippen LogP contribution in [-0.4, -0.2) is 30.3 Å². The van der Waals surface area contributed by atoms with Crippen molar-refractivity contribution in [3.63, 3.8) is 0 Å². The van der Waals surface area contributed by atoms with E-state index in [0.29, 0.717) is 29.3 Å². The van der Waals surface area contributed by atoms with Gasteiger partial charge in [-0.15, -0.1) is 0 Å². The zero-order valence-electron chi connectivity index (χ0n) is 13.5. The summed E-state index contributed by atoms with van der Waals surface area (Å²) in [5.74, 6) is 0. The first-order valence-electron chi connectivity index (χ1n) is 7.71. The third-order valence-corrected chi connectivity index (χ3v) is 4.62. The molecule has 1 aliphatic rings. The SMILES string of the molecule is CN1c2ccc([N+](=O)[O-])cc2C(c2ccccc2Cl)=NCC1CC#N. The van der Waals surface area contributed by atoms with Gasteiger partial charge in [0.05, 0.1) is 35.7 Å². The van der Waals surface area contributed by atoms with E-state index in [1.807, 2.05) is 30.1 Å².